The first-order chi connectivity index (χ1) is 8.92. The lowest BCUT2D eigenvalue weighted by Crippen LogP contribution is -2.55. The maximum atomic E-state index is 12.1. The van der Waals surface area contributed by atoms with Crippen LogP contribution in [0.3, 0.4) is 0 Å². The van der Waals surface area contributed by atoms with E-state index in [1.165, 1.54) is 6.26 Å². The third kappa shape index (κ3) is 3.00. The Labute approximate surface area is 119 Å². The van der Waals surface area contributed by atoms with Crippen molar-refractivity contribution in [2.75, 3.05) is 0 Å². The van der Waals surface area contributed by atoms with Gasteiger partial charge in [0.25, 0.3) is 5.91 Å². The number of carboxylic acid groups (broad SMARTS) is 1. The Morgan fingerprint density at radius 2 is 2.26 bits per heavy atom. The molecule has 2 N–H and O–H groups in total. The van der Waals surface area contributed by atoms with Crippen molar-refractivity contribution in [1.82, 2.24) is 5.32 Å². The molecule has 1 saturated carbocycles. The highest BCUT2D eigenvalue weighted by Crippen LogP contribution is 2.34. The van der Waals surface area contributed by atoms with Gasteiger partial charge in [0, 0.05) is 6.07 Å². The Bertz CT molecular complexity index is 499. The largest absolute Gasteiger partial charge is 0.481 e. The molecular weight excluding hydrogens is 314 g/mol. The lowest BCUT2D eigenvalue weighted by atomic mass is 9.74. The normalized spacial score (nSPS) is 26.9. The van der Waals surface area contributed by atoms with Crippen molar-refractivity contribution in [3.8, 4) is 0 Å². The standard InChI is InChI=1S/C13H16BrNO4/c1-13(5-3-2-4-9(13)12(17)18)15-11(16)8-6-10(14)19-7-8/h6-7,9H,2-5H2,1H3,(H,15,16)(H,17,18). The van der Waals surface area contributed by atoms with Gasteiger partial charge in [-0.15, -0.1) is 0 Å². The molecule has 0 aromatic carbocycles. The number of carboxylic acids is 1. The summed E-state index contributed by atoms with van der Waals surface area (Å²) in [5, 5.41) is 12.1. The summed E-state index contributed by atoms with van der Waals surface area (Å²) in [7, 11) is 0. The number of amides is 1. The zero-order valence-corrected chi connectivity index (χ0v) is 12.2. The van der Waals surface area contributed by atoms with Gasteiger partial charge in [-0.2, -0.15) is 0 Å². The van der Waals surface area contributed by atoms with E-state index in [-0.39, 0.29) is 5.91 Å². The van der Waals surface area contributed by atoms with Crippen LogP contribution in [0.4, 0.5) is 0 Å². The molecule has 1 aliphatic rings. The molecule has 1 aliphatic carbocycles. The van der Waals surface area contributed by atoms with Gasteiger partial charge in [-0.25, -0.2) is 0 Å². The third-order valence-electron chi connectivity index (χ3n) is 3.73. The molecule has 1 heterocycles. The predicted molar refractivity (Wildman–Crippen MR) is 71.9 cm³/mol. The Balaban J connectivity index is 2.15. The number of carbonyl (C=O) groups is 2. The van der Waals surface area contributed by atoms with E-state index in [2.05, 4.69) is 21.2 Å². The maximum absolute atomic E-state index is 12.1. The Morgan fingerprint density at radius 3 is 2.84 bits per heavy atom. The Morgan fingerprint density at radius 1 is 1.53 bits per heavy atom. The van der Waals surface area contributed by atoms with E-state index < -0.39 is 17.4 Å². The van der Waals surface area contributed by atoms with E-state index >= 15 is 0 Å². The lowest BCUT2D eigenvalue weighted by Gasteiger charge is -2.39. The van der Waals surface area contributed by atoms with Gasteiger partial charge in [0.15, 0.2) is 4.67 Å². The molecule has 104 valence electrons. The topological polar surface area (TPSA) is 79.5 Å². The number of halogens is 1. The van der Waals surface area contributed by atoms with Gasteiger partial charge in [-0.3, -0.25) is 9.59 Å². The summed E-state index contributed by atoms with van der Waals surface area (Å²) in [6.07, 6.45) is 4.44. The summed E-state index contributed by atoms with van der Waals surface area (Å²) < 4.78 is 5.49. The molecule has 6 heteroatoms. The van der Waals surface area contributed by atoms with Gasteiger partial charge in [0.05, 0.1) is 17.0 Å². The zero-order valence-electron chi connectivity index (χ0n) is 10.6. The first kappa shape index (κ1) is 14.1. The van der Waals surface area contributed by atoms with Gasteiger partial charge in [-0.1, -0.05) is 12.8 Å². The van der Waals surface area contributed by atoms with Gasteiger partial charge in [0.1, 0.15) is 6.26 Å². The highest BCUT2D eigenvalue weighted by Gasteiger charge is 2.42. The monoisotopic (exact) mass is 329 g/mol. The van der Waals surface area contributed by atoms with Crippen molar-refractivity contribution >= 4 is 27.8 Å². The predicted octanol–water partition coefficient (Wildman–Crippen LogP) is 2.81. The van der Waals surface area contributed by atoms with E-state index in [0.717, 1.165) is 12.8 Å². The van der Waals surface area contributed by atoms with E-state index in [0.29, 0.717) is 23.1 Å². The maximum Gasteiger partial charge on any atom is 0.308 e. The minimum atomic E-state index is -0.851. The molecule has 0 radical (unpaired) electrons. The van der Waals surface area contributed by atoms with Crippen LogP contribution in [0.1, 0.15) is 43.0 Å². The van der Waals surface area contributed by atoms with Crippen LogP contribution in [0.15, 0.2) is 21.4 Å². The van der Waals surface area contributed by atoms with E-state index in [4.69, 9.17) is 4.42 Å². The SMILES string of the molecule is CC1(NC(=O)c2coc(Br)c2)CCCCC1C(=O)O. The van der Waals surface area contributed by atoms with E-state index in [1.54, 1.807) is 13.0 Å². The fraction of sp³-hybridized carbons (Fsp3) is 0.538. The van der Waals surface area contributed by atoms with Gasteiger partial charge >= 0.3 is 5.97 Å². The summed E-state index contributed by atoms with van der Waals surface area (Å²) in [5.74, 6) is -1.69. The van der Waals surface area contributed by atoms with Crippen LogP contribution in [0.5, 0.6) is 0 Å². The van der Waals surface area contributed by atoms with Crippen molar-refractivity contribution in [2.45, 2.75) is 38.1 Å². The quantitative estimate of drug-likeness (QED) is 0.893. The molecule has 19 heavy (non-hydrogen) atoms. The molecule has 1 aromatic rings. The average molecular weight is 330 g/mol. The molecule has 5 nitrogen and oxygen atoms in total. The molecule has 0 spiro atoms. The molecule has 0 saturated heterocycles. The summed E-state index contributed by atoms with van der Waals surface area (Å²) >= 11 is 3.13. The highest BCUT2D eigenvalue weighted by molar-refractivity contribution is 9.10. The molecule has 2 atom stereocenters. The number of hydrogen-bond donors (Lipinski definition) is 2. The van der Waals surface area contributed by atoms with Gasteiger partial charge < -0.3 is 14.8 Å². The number of carbonyl (C=O) groups excluding carboxylic acids is 1. The Kier molecular flexibility index (Phi) is 3.99. The lowest BCUT2D eigenvalue weighted by molar-refractivity contribution is -0.145. The second-order valence-corrected chi connectivity index (χ2v) is 5.93. The number of nitrogens with one attached hydrogen (secondary N) is 1. The first-order valence-electron chi connectivity index (χ1n) is 6.22. The minimum Gasteiger partial charge on any atom is -0.481 e. The summed E-state index contributed by atoms with van der Waals surface area (Å²) in [5.41, 5.74) is -0.312. The number of rotatable bonds is 3. The van der Waals surface area contributed by atoms with Crippen LogP contribution < -0.4 is 5.32 Å². The summed E-state index contributed by atoms with van der Waals surface area (Å²) in [4.78, 5) is 23.4. The smallest absolute Gasteiger partial charge is 0.308 e. The van der Waals surface area contributed by atoms with Crippen molar-refractivity contribution in [3.63, 3.8) is 0 Å². The van der Waals surface area contributed by atoms with Crippen LogP contribution in [0.2, 0.25) is 0 Å². The highest BCUT2D eigenvalue weighted by atomic mass is 79.9. The molecule has 1 aromatic heterocycles. The first-order valence-corrected chi connectivity index (χ1v) is 7.01. The fourth-order valence-corrected chi connectivity index (χ4v) is 2.98. The molecule has 0 aliphatic heterocycles. The number of hydrogen-bond acceptors (Lipinski definition) is 3. The average Bonchev–Trinajstić information content (AvgIpc) is 2.75. The van der Waals surface area contributed by atoms with Crippen molar-refractivity contribution in [1.29, 1.82) is 0 Å². The second kappa shape index (κ2) is 5.36. The molecule has 1 fully saturated rings. The summed E-state index contributed by atoms with van der Waals surface area (Å²) in [6.45, 7) is 1.80. The van der Waals surface area contributed by atoms with E-state index in [1.807, 2.05) is 0 Å². The number of furan rings is 1. The number of aliphatic carboxylic acids is 1. The van der Waals surface area contributed by atoms with E-state index in [9.17, 15) is 14.7 Å². The fourth-order valence-electron chi connectivity index (χ4n) is 2.64. The Hall–Kier alpha value is -1.30. The van der Waals surface area contributed by atoms with Crippen LogP contribution >= 0.6 is 15.9 Å². The van der Waals surface area contributed by atoms with Gasteiger partial charge in [-0.05, 0) is 35.7 Å². The molecular formula is C13H16BrNO4. The minimum absolute atomic E-state index is 0.301. The van der Waals surface area contributed by atoms with Crippen LogP contribution in [-0.4, -0.2) is 22.5 Å². The zero-order chi connectivity index (χ0) is 14.0. The summed E-state index contributed by atoms with van der Waals surface area (Å²) in [6, 6.07) is 1.57. The van der Waals surface area contributed by atoms with Crippen LogP contribution in [-0.2, 0) is 4.79 Å². The van der Waals surface area contributed by atoms with Crippen LogP contribution in [0.25, 0.3) is 0 Å². The molecule has 2 unspecified atom stereocenters. The second-order valence-electron chi connectivity index (χ2n) is 5.15. The van der Waals surface area contributed by atoms with Crippen molar-refractivity contribution in [2.24, 2.45) is 5.92 Å². The van der Waals surface area contributed by atoms with Crippen molar-refractivity contribution in [3.05, 3.63) is 22.6 Å². The molecule has 1 amide bonds. The van der Waals surface area contributed by atoms with Crippen LogP contribution in [0, 0.1) is 5.92 Å². The third-order valence-corrected chi connectivity index (χ3v) is 4.15. The van der Waals surface area contributed by atoms with Gasteiger partial charge in [0.2, 0.25) is 0 Å². The van der Waals surface area contributed by atoms with Crippen molar-refractivity contribution < 1.29 is 19.1 Å². The molecule has 0 bridgehead atoms. The molecule has 2 rings (SSSR count).